The second-order valence-electron chi connectivity index (χ2n) is 6.63. The van der Waals surface area contributed by atoms with E-state index in [0.29, 0.717) is 5.56 Å². The zero-order valence-corrected chi connectivity index (χ0v) is 14.1. The van der Waals surface area contributed by atoms with Crippen LogP contribution in [0.25, 0.3) is 6.08 Å². The molecule has 0 saturated heterocycles. The van der Waals surface area contributed by atoms with Crippen LogP contribution in [-0.2, 0) is 6.42 Å². The van der Waals surface area contributed by atoms with Crippen molar-refractivity contribution in [1.82, 2.24) is 0 Å². The van der Waals surface area contributed by atoms with E-state index in [2.05, 4.69) is 0 Å². The fourth-order valence-corrected chi connectivity index (χ4v) is 2.81. The maximum absolute atomic E-state index is 12.6. The van der Waals surface area contributed by atoms with Crippen LogP contribution in [0.5, 0.6) is 17.2 Å². The zero-order chi connectivity index (χ0) is 18.2. The number of ether oxygens (including phenoxy) is 1. The molecule has 0 unspecified atom stereocenters. The SMILES string of the molecule is CC1(C)Oc2c(c(O)cc(O)c2C(=O)/C=C/c2ccccc2)C[C@@H]1O. The van der Waals surface area contributed by atoms with E-state index in [-0.39, 0.29) is 29.2 Å². The van der Waals surface area contributed by atoms with Gasteiger partial charge < -0.3 is 20.1 Å². The van der Waals surface area contributed by atoms with E-state index in [1.54, 1.807) is 19.9 Å². The van der Waals surface area contributed by atoms with Crippen molar-refractivity contribution < 1.29 is 24.9 Å². The number of fused-ring (bicyclic) bond motifs is 1. The fraction of sp³-hybridized carbons (Fsp3) is 0.250. The lowest BCUT2D eigenvalue weighted by Crippen LogP contribution is -2.46. The summed E-state index contributed by atoms with van der Waals surface area (Å²) in [5, 5.41) is 30.4. The highest BCUT2D eigenvalue weighted by molar-refractivity contribution is 6.11. The Hall–Kier alpha value is -2.79. The first-order chi connectivity index (χ1) is 11.8. The number of phenols is 2. The Morgan fingerprint density at radius 1 is 1.20 bits per heavy atom. The first-order valence-electron chi connectivity index (χ1n) is 8.02. The van der Waals surface area contributed by atoms with Gasteiger partial charge in [0.1, 0.15) is 28.4 Å². The Morgan fingerprint density at radius 3 is 2.56 bits per heavy atom. The lowest BCUT2D eigenvalue weighted by atomic mass is 9.88. The minimum absolute atomic E-state index is 0.0139. The van der Waals surface area contributed by atoms with Crippen molar-refractivity contribution in [3.8, 4) is 17.2 Å². The lowest BCUT2D eigenvalue weighted by Gasteiger charge is -2.38. The number of ketones is 1. The van der Waals surface area contributed by atoms with Crippen molar-refractivity contribution in [2.45, 2.75) is 32.0 Å². The van der Waals surface area contributed by atoms with Gasteiger partial charge in [0.2, 0.25) is 0 Å². The number of aliphatic hydroxyl groups is 1. The summed E-state index contributed by atoms with van der Waals surface area (Å²) in [5.41, 5.74) is 0.214. The van der Waals surface area contributed by atoms with Gasteiger partial charge in [-0.25, -0.2) is 0 Å². The minimum Gasteiger partial charge on any atom is -0.507 e. The van der Waals surface area contributed by atoms with Gasteiger partial charge in [0.15, 0.2) is 5.78 Å². The number of aliphatic hydroxyl groups excluding tert-OH is 1. The first kappa shape index (κ1) is 17.0. The normalized spacial score (nSPS) is 18.6. The molecule has 0 fully saturated rings. The molecule has 3 rings (SSSR count). The number of rotatable bonds is 3. The summed E-state index contributed by atoms with van der Waals surface area (Å²) in [4.78, 5) is 12.6. The highest BCUT2D eigenvalue weighted by atomic mass is 16.5. The van der Waals surface area contributed by atoms with Gasteiger partial charge in [-0.05, 0) is 25.5 Å². The summed E-state index contributed by atoms with van der Waals surface area (Å²) in [5.74, 6) is -0.878. The van der Waals surface area contributed by atoms with Crippen LogP contribution in [0.3, 0.4) is 0 Å². The molecule has 5 heteroatoms. The van der Waals surface area contributed by atoms with E-state index in [1.807, 2.05) is 30.3 Å². The predicted molar refractivity (Wildman–Crippen MR) is 94.0 cm³/mol. The Balaban J connectivity index is 2.03. The standard InChI is InChI=1S/C20H20O5/c1-20(2)17(24)10-13-15(22)11-16(23)18(19(13)25-20)14(21)9-8-12-6-4-3-5-7-12/h3-9,11,17,22-24H,10H2,1-2H3/b9-8+/t17-/m0/s1. The molecular formula is C20H20O5. The number of benzene rings is 2. The van der Waals surface area contributed by atoms with E-state index in [4.69, 9.17) is 4.74 Å². The molecule has 2 aromatic rings. The number of carbonyl (C=O) groups excluding carboxylic acids is 1. The number of aromatic hydroxyl groups is 2. The van der Waals surface area contributed by atoms with Crippen molar-refractivity contribution in [3.05, 3.63) is 59.2 Å². The molecule has 0 aromatic heterocycles. The number of phenolic OH excluding ortho intramolecular Hbond substituents is 2. The van der Waals surface area contributed by atoms with Crippen LogP contribution in [0.1, 0.15) is 35.3 Å². The monoisotopic (exact) mass is 340 g/mol. The second-order valence-corrected chi connectivity index (χ2v) is 6.63. The molecule has 3 N–H and O–H groups in total. The molecule has 0 bridgehead atoms. The molecule has 0 saturated carbocycles. The van der Waals surface area contributed by atoms with Crippen molar-refractivity contribution in [3.63, 3.8) is 0 Å². The number of carbonyl (C=O) groups is 1. The highest BCUT2D eigenvalue weighted by Gasteiger charge is 2.39. The molecule has 5 nitrogen and oxygen atoms in total. The molecule has 1 atom stereocenters. The summed E-state index contributed by atoms with van der Waals surface area (Å²) in [6.45, 7) is 3.38. The summed E-state index contributed by atoms with van der Waals surface area (Å²) >= 11 is 0. The van der Waals surface area contributed by atoms with Crippen LogP contribution in [0.15, 0.2) is 42.5 Å². The molecule has 0 amide bonds. The van der Waals surface area contributed by atoms with Crippen LogP contribution < -0.4 is 4.74 Å². The molecule has 130 valence electrons. The van der Waals surface area contributed by atoms with Gasteiger partial charge in [0, 0.05) is 18.1 Å². The average Bonchev–Trinajstić information content (AvgIpc) is 2.55. The molecular weight excluding hydrogens is 320 g/mol. The predicted octanol–water partition coefficient (Wildman–Crippen LogP) is 3.07. The topological polar surface area (TPSA) is 87.0 Å². The third-order valence-electron chi connectivity index (χ3n) is 4.38. The van der Waals surface area contributed by atoms with Gasteiger partial charge >= 0.3 is 0 Å². The lowest BCUT2D eigenvalue weighted by molar-refractivity contribution is -0.0421. The zero-order valence-electron chi connectivity index (χ0n) is 14.1. The van der Waals surface area contributed by atoms with Gasteiger partial charge in [0.25, 0.3) is 0 Å². The van der Waals surface area contributed by atoms with Gasteiger partial charge in [0.05, 0.1) is 6.10 Å². The van der Waals surface area contributed by atoms with E-state index in [0.717, 1.165) is 11.6 Å². The van der Waals surface area contributed by atoms with E-state index < -0.39 is 17.5 Å². The van der Waals surface area contributed by atoms with Crippen LogP contribution in [0.4, 0.5) is 0 Å². The van der Waals surface area contributed by atoms with Gasteiger partial charge in [-0.3, -0.25) is 4.79 Å². The van der Waals surface area contributed by atoms with Crippen molar-refractivity contribution in [1.29, 1.82) is 0 Å². The van der Waals surface area contributed by atoms with E-state index in [1.165, 1.54) is 6.08 Å². The van der Waals surface area contributed by atoms with Crippen LogP contribution >= 0.6 is 0 Å². The maximum atomic E-state index is 12.6. The summed E-state index contributed by atoms with van der Waals surface area (Å²) < 4.78 is 5.77. The quantitative estimate of drug-likeness (QED) is 0.590. The number of hydrogen-bond acceptors (Lipinski definition) is 5. The first-order valence-corrected chi connectivity index (χ1v) is 8.02. The van der Waals surface area contributed by atoms with Crippen LogP contribution in [0.2, 0.25) is 0 Å². The third kappa shape index (κ3) is 3.23. The molecule has 25 heavy (non-hydrogen) atoms. The Kier molecular flexibility index (Phi) is 4.27. The van der Waals surface area contributed by atoms with Crippen LogP contribution in [-0.4, -0.2) is 32.8 Å². The summed E-state index contributed by atoms with van der Waals surface area (Å²) in [6.07, 6.45) is 2.29. The Bertz CT molecular complexity index is 837. The smallest absolute Gasteiger partial charge is 0.193 e. The molecule has 1 aliphatic heterocycles. The largest absolute Gasteiger partial charge is 0.507 e. The van der Waals surface area contributed by atoms with E-state index in [9.17, 15) is 20.1 Å². The van der Waals surface area contributed by atoms with Crippen molar-refractivity contribution in [2.75, 3.05) is 0 Å². The molecule has 2 aromatic carbocycles. The fourth-order valence-electron chi connectivity index (χ4n) is 2.81. The maximum Gasteiger partial charge on any atom is 0.193 e. The summed E-state index contributed by atoms with van der Waals surface area (Å²) in [7, 11) is 0. The van der Waals surface area contributed by atoms with Gasteiger partial charge in [-0.2, -0.15) is 0 Å². The molecule has 1 heterocycles. The molecule has 0 aliphatic carbocycles. The third-order valence-corrected chi connectivity index (χ3v) is 4.38. The molecule has 0 spiro atoms. The second kappa shape index (κ2) is 6.26. The Morgan fingerprint density at radius 2 is 1.88 bits per heavy atom. The van der Waals surface area contributed by atoms with Crippen molar-refractivity contribution in [2.24, 2.45) is 0 Å². The molecule has 1 aliphatic rings. The van der Waals surface area contributed by atoms with Gasteiger partial charge in [-0.15, -0.1) is 0 Å². The van der Waals surface area contributed by atoms with Gasteiger partial charge in [-0.1, -0.05) is 36.4 Å². The highest BCUT2D eigenvalue weighted by Crippen LogP contribution is 2.44. The number of allylic oxidation sites excluding steroid dienone is 1. The average molecular weight is 340 g/mol. The van der Waals surface area contributed by atoms with Crippen molar-refractivity contribution >= 4 is 11.9 Å². The van der Waals surface area contributed by atoms with Crippen LogP contribution in [0, 0.1) is 0 Å². The summed E-state index contributed by atoms with van der Waals surface area (Å²) in [6, 6.07) is 10.4. The van der Waals surface area contributed by atoms with E-state index >= 15 is 0 Å². The molecule has 0 radical (unpaired) electrons. The minimum atomic E-state index is -0.939. The number of hydrogen-bond donors (Lipinski definition) is 3. The Labute approximate surface area is 145 Å².